The maximum absolute atomic E-state index is 5.53. The second-order valence-corrected chi connectivity index (χ2v) is 3.51. The molecule has 0 fully saturated rings. The van der Waals surface area contributed by atoms with Crippen molar-refractivity contribution in [2.24, 2.45) is 5.73 Å². The van der Waals surface area contributed by atoms with Gasteiger partial charge < -0.3 is 10.6 Å². The van der Waals surface area contributed by atoms with Crippen molar-refractivity contribution >= 4 is 5.95 Å². The van der Waals surface area contributed by atoms with Gasteiger partial charge in [0.2, 0.25) is 5.95 Å². The molecule has 0 saturated carbocycles. The van der Waals surface area contributed by atoms with Gasteiger partial charge in [-0.2, -0.15) is 0 Å². The highest BCUT2D eigenvalue weighted by Gasteiger charge is 2.07. The number of aryl methyl sites for hydroxylation is 1. The van der Waals surface area contributed by atoms with E-state index in [9.17, 15) is 0 Å². The number of hydrogen-bond donors (Lipinski definition) is 1. The van der Waals surface area contributed by atoms with E-state index in [2.05, 4.69) is 28.7 Å². The van der Waals surface area contributed by atoms with Gasteiger partial charge in [0.15, 0.2) is 0 Å². The molecule has 0 radical (unpaired) electrons. The molecular formula is C11H20N4. The number of nitrogens with zero attached hydrogens (tertiary/aromatic N) is 3. The van der Waals surface area contributed by atoms with Crippen molar-refractivity contribution in [2.75, 3.05) is 24.5 Å². The van der Waals surface area contributed by atoms with Crippen LogP contribution in [0.2, 0.25) is 0 Å². The van der Waals surface area contributed by atoms with E-state index in [0.29, 0.717) is 6.54 Å². The SMILES string of the molecule is CCN(CC)c1nc(C)cc(CCN)n1. The standard InChI is InChI=1S/C11H20N4/c1-4-15(5-2)11-13-9(3)8-10(14-11)6-7-12/h8H,4-7,12H2,1-3H3. The van der Waals surface area contributed by atoms with E-state index in [-0.39, 0.29) is 0 Å². The van der Waals surface area contributed by atoms with E-state index in [4.69, 9.17) is 5.73 Å². The van der Waals surface area contributed by atoms with Gasteiger partial charge in [-0.3, -0.25) is 0 Å². The zero-order valence-corrected chi connectivity index (χ0v) is 9.82. The summed E-state index contributed by atoms with van der Waals surface area (Å²) in [7, 11) is 0. The lowest BCUT2D eigenvalue weighted by Gasteiger charge is -2.19. The molecule has 4 nitrogen and oxygen atoms in total. The third-order valence-corrected chi connectivity index (χ3v) is 2.34. The van der Waals surface area contributed by atoms with Crippen molar-refractivity contribution in [1.29, 1.82) is 0 Å². The highest BCUT2D eigenvalue weighted by molar-refractivity contribution is 5.31. The van der Waals surface area contributed by atoms with E-state index in [1.165, 1.54) is 0 Å². The van der Waals surface area contributed by atoms with Crippen molar-refractivity contribution < 1.29 is 0 Å². The summed E-state index contributed by atoms with van der Waals surface area (Å²) < 4.78 is 0. The van der Waals surface area contributed by atoms with E-state index < -0.39 is 0 Å². The van der Waals surface area contributed by atoms with Crippen LogP contribution in [0.3, 0.4) is 0 Å². The molecule has 2 N–H and O–H groups in total. The first kappa shape index (κ1) is 11.9. The van der Waals surface area contributed by atoms with Crippen LogP contribution >= 0.6 is 0 Å². The van der Waals surface area contributed by atoms with E-state index in [1.54, 1.807) is 0 Å². The topological polar surface area (TPSA) is 55.0 Å². The molecule has 1 aromatic heterocycles. The molecule has 0 aromatic carbocycles. The minimum absolute atomic E-state index is 0.633. The number of aromatic nitrogens is 2. The second kappa shape index (κ2) is 5.66. The van der Waals surface area contributed by atoms with Gasteiger partial charge >= 0.3 is 0 Å². The van der Waals surface area contributed by atoms with Gasteiger partial charge in [0.1, 0.15) is 0 Å². The molecular weight excluding hydrogens is 188 g/mol. The summed E-state index contributed by atoms with van der Waals surface area (Å²) in [6.07, 6.45) is 0.817. The van der Waals surface area contributed by atoms with E-state index >= 15 is 0 Å². The average molecular weight is 208 g/mol. The summed E-state index contributed by atoms with van der Waals surface area (Å²) in [5, 5.41) is 0. The molecule has 84 valence electrons. The molecule has 0 atom stereocenters. The Kier molecular flexibility index (Phi) is 4.49. The van der Waals surface area contributed by atoms with Gasteiger partial charge in [0.05, 0.1) is 0 Å². The molecule has 4 heteroatoms. The fourth-order valence-corrected chi connectivity index (χ4v) is 1.54. The fraction of sp³-hybridized carbons (Fsp3) is 0.636. The normalized spacial score (nSPS) is 10.4. The largest absolute Gasteiger partial charge is 0.341 e. The number of hydrogen-bond acceptors (Lipinski definition) is 4. The molecule has 1 aromatic rings. The first-order valence-electron chi connectivity index (χ1n) is 5.50. The van der Waals surface area contributed by atoms with Crippen LogP contribution in [0.25, 0.3) is 0 Å². The molecule has 0 spiro atoms. The summed E-state index contributed by atoms with van der Waals surface area (Å²) in [5.74, 6) is 0.823. The summed E-state index contributed by atoms with van der Waals surface area (Å²) in [4.78, 5) is 11.1. The Labute approximate surface area is 91.5 Å². The average Bonchev–Trinajstić information content (AvgIpc) is 2.19. The summed E-state index contributed by atoms with van der Waals surface area (Å²) >= 11 is 0. The Bertz CT molecular complexity index is 307. The van der Waals surface area contributed by atoms with Crippen molar-refractivity contribution in [3.63, 3.8) is 0 Å². The van der Waals surface area contributed by atoms with Crippen LogP contribution in [0.15, 0.2) is 6.07 Å². The predicted molar refractivity (Wildman–Crippen MR) is 63.1 cm³/mol. The van der Waals surface area contributed by atoms with Crippen LogP contribution in [0.4, 0.5) is 5.95 Å². The maximum Gasteiger partial charge on any atom is 0.225 e. The molecule has 0 aliphatic rings. The quantitative estimate of drug-likeness (QED) is 0.788. The Hall–Kier alpha value is -1.16. The molecule has 1 rings (SSSR count). The molecule has 0 saturated heterocycles. The lowest BCUT2D eigenvalue weighted by Crippen LogP contribution is -2.25. The van der Waals surface area contributed by atoms with Crippen molar-refractivity contribution in [3.8, 4) is 0 Å². The molecule has 0 aliphatic heterocycles. The van der Waals surface area contributed by atoms with Crippen LogP contribution < -0.4 is 10.6 Å². The highest BCUT2D eigenvalue weighted by atomic mass is 15.2. The van der Waals surface area contributed by atoms with E-state index in [1.807, 2.05) is 13.0 Å². The second-order valence-electron chi connectivity index (χ2n) is 3.51. The van der Waals surface area contributed by atoms with Crippen molar-refractivity contribution in [1.82, 2.24) is 9.97 Å². The third-order valence-electron chi connectivity index (χ3n) is 2.34. The first-order valence-corrected chi connectivity index (χ1v) is 5.50. The zero-order chi connectivity index (χ0) is 11.3. The number of anilines is 1. The highest BCUT2D eigenvalue weighted by Crippen LogP contribution is 2.10. The zero-order valence-electron chi connectivity index (χ0n) is 9.82. The predicted octanol–water partition coefficient (Wildman–Crippen LogP) is 1.13. The van der Waals surface area contributed by atoms with Crippen molar-refractivity contribution in [3.05, 3.63) is 17.5 Å². The lowest BCUT2D eigenvalue weighted by molar-refractivity contribution is 0.798. The van der Waals surface area contributed by atoms with Crippen LogP contribution in [0, 0.1) is 6.92 Å². The monoisotopic (exact) mass is 208 g/mol. The Morgan fingerprint density at radius 3 is 2.47 bits per heavy atom. The van der Waals surface area contributed by atoms with Gasteiger partial charge in [-0.15, -0.1) is 0 Å². The molecule has 1 heterocycles. The fourth-order valence-electron chi connectivity index (χ4n) is 1.54. The lowest BCUT2D eigenvalue weighted by atomic mass is 10.2. The smallest absolute Gasteiger partial charge is 0.225 e. The first-order chi connectivity index (χ1) is 7.21. The van der Waals surface area contributed by atoms with Crippen LogP contribution in [0.5, 0.6) is 0 Å². The molecule has 0 bridgehead atoms. The molecule has 0 unspecified atom stereocenters. The van der Waals surface area contributed by atoms with Gasteiger partial charge in [-0.1, -0.05) is 0 Å². The summed E-state index contributed by atoms with van der Waals surface area (Å²) in [6.45, 7) is 8.71. The van der Waals surface area contributed by atoms with Gasteiger partial charge in [0.25, 0.3) is 0 Å². The molecule has 15 heavy (non-hydrogen) atoms. The number of nitrogens with two attached hydrogens (primary N) is 1. The minimum atomic E-state index is 0.633. The van der Waals surface area contributed by atoms with Gasteiger partial charge in [0, 0.05) is 30.9 Å². The number of rotatable bonds is 5. The van der Waals surface area contributed by atoms with Crippen molar-refractivity contribution in [2.45, 2.75) is 27.2 Å². The van der Waals surface area contributed by atoms with Gasteiger partial charge in [-0.05, 0) is 33.4 Å². The summed E-state index contributed by atoms with van der Waals surface area (Å²) in [5.41, 5.74) is 7.57. The Balaban J connectivity index is 2.96. The van der Waals surface area contributed by atoms with Crippen LogP contribution in [0.1, 0.15) is 25.2 Å². The third kappa shape index (κ3) is 3.16. The van der Waals surface area contributed by atoms with Crippen LogP contribution in [-0.4, -0.2) is 29.6 Å². The Morgan fingerprint density at radius 2 is 1.93 bits per heavy atom. The molecule has 0 amide bonds. The Morgan fingerprint density at radius 1 is 1.27 bits per heavy atom. The summed E-state index contributed by atoms with van der Waals surface area (Å²) in [6, 6.07) is 2.00. The van der Waals surface area contributed by atoms with E-state index in [0.717, 1.165) is 36.8 Å². The minimum Gasteiger partial charge on any atom is -0.341 e. The van der Waals surface area contributed by atoms with Gasteiger partial charge in [-0.25, -0.2) is 9.97 Å². The maximum atomic E-state index is 5.53. The van der Waals surface area contributed by atoms with Crippen LogP contribution in [-0.2, 0) is 6.42 Å². The molecule has 0 aliphatic carbocycles.